The van der Waals surface area contributed by atoms with Gasteiger partial charge in [0.2, 0.25) is 11.7 Å². The van der Waals surface area contributed by atoms with Crippen LogP contribution in [-0.4, -0.2) is 11.7 Å². The minimum Gasteiger partial charge on any atom is -0.325 e. The minimum absolute atomic E-state index is 0.0512. The molecule has 5 heteroatoms. The van der Waals surface area contributed by atoms with Crippen molar-refractivity contribution in [1.29, 1.82) is 0 Å². The molecule has 1 aliphatic heterocycles. The van der Waals surface area contributed by atoms with Crippen LogP contribution in [0.15, 0.2) is 34.1 Å². The van der Waals surface area contributed by atoms with E-state index >= 15 is 0 Å². The van der Waals surface area contributed by atoms with Gasteiger partial charge in [0.15, 0.2) is 0 Å². The summed E-state index contributed by atoms with van der Waals surface area (Å²) in [7, 11) is 0. The first-order valence-electron chi connectivity index (χ1n) is 5.35. The average Bonchev–Trinajstić information content (AvgIpc) is 2.94. The highest BCUT2D eigenvalue weighted by Crippen LogP contribution is 2.33. The summed E-state index contributed by atoms with van der Waals surface area (Å²) < 4.78 is 0.817. The van der Waals surface area contributed by atoms with Crippen molar-refractivity contribution in [3.8, 4) is 0 Å². The van der Waals surface area contributed by atoms with Gasteiger partial charge in [0.1, 0.15) is 0 Å². The molecule has 0 saturated carbocycles. The summed E-state index contributed by atoms with van der Waals surface area (Å²) in [5, 5.41) is 4.63. The summed E-state index contributed by atoms with van der Waals surface area (Å²) in [5.41, 5.74) is 2.07. The second-order valence-electron chi connectivity index (χ2n) is 4.02. The maximum atomic E-state index is 12.4. The van der Waals surface area contributed by atoms with Crippen molar-refractivity contribution in [2.24, 2.45) is 0 Å². The average molecular weight is 322 g/mol. The fourth-order valence-corrected chi connectivity index (χ4v) is 3.21. The van der Waals surface area contributed by atoms with E-state index in [0.29, 0.717) is 22.5 Å². The maximum absolute atomic E-state index is 12.4. The predicted octanol–water partition coefficient (Wildman–Crippen LogP) is 3.24. The number of halogens is 1. The number of nitrogens with one attached hydrogen (secondary N) is 1. The Labute approximate surface area is 116 Å². The Morgan fingerprint density at radius 1 is 1.39 bits per heavy atom. The van der Waals surface area contributed by atoms with Crippen LogP contribution in [0.5, 0.6) is 0 Å². The lowest BCUT2D eigenvalue weighted by Gasteiger charge is -2.07. The molecule has 1 aromatic heterocycles. The van der Waals surface area contributed by atoms with Crippen molar-refractivity contribution in [3.63, 3.8) is 0 Å². The van der Waals surface area contributed by atoms with Crippen LogP contribution in [0.2, 0.25) is 0 Å². The van der Waals surface area contributed by atoms with Crippen molar-refractivity contribution in [1.82, 2.24) is 0 Å². The third-order valence-electron chi connectivity index (χ3n) is 2.79. The lowest BCUT2D eigenvalue weighted by Crippen LogP contribution is -2.07. The van der Waals surface area contributed by atoms with Crippen LogP contribution in [0, 0.1) is 0 Å². The SMILES string of the molecule is O=C1Cc2cc(Br)cc(C(=O)c3cccs3)c2N1. The highest BCUT2D eigenvalue weighted by atomic mass is 79.9. The van der Waals surface area contributed by atoms with Crippen molar-refractivity contribution < 1.29 is 9.59 Å². The summed E-state index contributed by atoms with van der Waals surface area (Å²) in [6, 6.07) is 7.26. The molecule has 90 valence electrons. The zero-order chi connectivity index (χ0) is 12.7. The molecule has 2 heterocycles. The van der Waals surface area contributed by atoms with Crippen LogP contribution >= 0.6 is 27.3 Å². The van der Waals surface area contributed by atoms with Crippen LogP contribution in [0.3, 0.4) is 0 Å². The number of thiophene rings is 1. The molecule has 2 aromatic rings. The molecule has 0 fully saturated rings. The molecule has 0 atom stereocenters. The van der Waals surface area contributed by atoms with Gasteiger partial charge in [-0.25, -0.2) is 0 Å². The van der Waals surface area contributed by atoms with Crippen LogP contribution < -0.4 is 5.32 Å². The summed E-state index contributed by atoms with van der Waals surface area (Å²) in [5.74, 6) is -0.118. The molecular formula is C13H8BrNO2S. The van der Waals surface area contributed by atoms with Crippen molar-refractivity contribution in [2.75, 3.05) is 5.32 Å². The standard InChI is InChI=1S/C13H8BrNO2S/c14-8-4-7-5-11(16)15-12(7)9(6-8)13(17)10-2-1-3-18-10/h1-4,6H,5H2,(H,15,16). The molecule has 0 saturated heterocycles. The number of amides is 1. The lowest BCUT2D eigenvalue weighted by molar-refractivity contribution is -0.115. The summed E-state index contributed by atoms with van der Waals surface area (Å²) in [4.78, 5) is 24.5. The fraction of sp³-hybridized carbons (Fsp3) is 0.0769. The largest absolute Gasteiger partial charge is 0.325 e. The number of hydrogen-bond acceptors (Lipinski definition) is 3. The van der Waals surface area contributed by atoms with E-state index in [1.165, 1.54) is 11.3 Å². The van der Waals surface area contributed by atoms with Gasteiger partial charge in [-0.2, -0.15) is 0 Å². The molecule has 0 unspecified atom stereocenters. The lowest BCUT2D eigenvalue weighted by atomic mass is 10.0. The van der Waals surface area contributed by atoms with Gasteiger partial charge < -0.3 is 5.32 Å². The smallest absolute Gasteiger partial charge is 0.228 e. The van der Waals surface area contributed by atoms with E-state index in [2.05, 4.69) is 21.2 Å². The molecular weight excluding hydrogens is 314 g/mol. The topological polar surface area (TPSA) is 46.2 Å². The Morgan fingerprint density at radius 3 is 2.94 bits per heavy atom. The minimum atomic E-state index is -0.0664. The normalized spacial score (nSPS) is 13.3. The second-order valence-corrected chi connectivity index (χ2v) is 5.88. The van der Waals surface area contributed by atoms with Gasteiger partial charge >= 0.3 is 0 Å². The van der Waals surface area contributed by atoms with E-state index in [9.17, 15) is 9.59 Å². The van der Waals surface area contributed by atoms with Crippen LogP contribution in [0.4, 0.5) is 5.69 Å². The van der Waals surface area contributed by atoms with Gasteiger partial charge in [-0.15, -0.1) is 11.3 Å². The van der Waals surface area contributed by atoms with Crippen molar-refractivity contribution in [2.45, 2.75) is 6.42 Å². The maximum Gasteiger partial charge on any atom is 0.228 e. The molecule has 1 aromatic carbocycles. The molecule has 1 aliphatic rings. The van der Waals surface area contributed by atoms with Crippen LogP contribution in [0.1, 0.15) is 20.8 Å². The highest BCUT2D eigenvalue weighted by molar-refractivity contribution is 9.10. The van der Waals surface area contributed by atoms with E-state index in [-0.39, 0.29) is 11.7 Å². The molecule has 3 nitrogen and oxygen atoms in total. The van der Waals surface area contributed by atoms with E-state index in [0.717, 1.165) is 10.0 Å². The fourth-order valence-electron chi connectivity index (χ4n) is 2.03. The van der Waals surface area contributed by atoms with Crippen molar-refractivity contribution in [3.05, 3.63) is 50.1 Å². The van der Waals surface area contributed by atoms with Gasteiger partial charge in [0.05, 0.1) is 17.0 Å². The molecule has 18 heavy (non-hydrogen) atoms. The summed E-state index contributed by atoms with van der Waals surface area (Å²) >= 11 is 4.78. The number of carbonyl (C=O) groups excluding carboxylic acids is 2. The van der Waals surface area contributed by atoms with Crippen LogP contribution in [-0.2, 0) is 11.2 Å². The van der Waals surface area contributed by atoms with Gasteiger partial charge in [0, 0.05) is 10.0 Å². The Bertz CT molecular complexity index is 649. The molecule has 0 radical (unpaired) electrons. The molecule has 0 spiro atoms. The zero-order valence-corrected chi connectivity index (χ0v) is 11.6. The van der Waals surface area contributed by atoms with Gasteiger partial charge in [-0.05, 0) is 29.1 Å². The molecule has 0 aliphatic carbocycles. The number of carbonyl (C=O) groups is 2. The summed E-state index contributed by atoms with van der Waals surface area (Å²) in [6.07, 6.45) is 0.333. The van der Waals surface area contributed by atoms with Crippen molar-refractivity contribution >= 4 is 44.6 Å². The van der Waals surface area contributed by atoms with Gasteiger partial charge in [0.25, 0.3) is 0 Å². The number of hydrogen-bond donors (Lipinski definition) is 1. The number of fused-ring (bicyclic) bond motifs is 1. The Morgan fingerprint density at radius 2 is 2.22 bits per heavy atom. The molecule has 1 N–H and O–H groups in total. The van der Waals surface area contributed by atoms with Gasteiger partial charge in [-0.3, -0.25) is 9.59 Å². The predicted molar refractivity (Wildman–Crippen MR) is 74.2 cm³/mol. The molecule has 0 bridgehead atoms. The highest BCUT2D eigenvalue weighted by Gasteiger charge is 2.25. The van der Waals surface area contributed by atoms with E-state index in [4.69, 9.17) is 0 Å². The molecule has 3 rings (SSSR count). The number of rotatable bonds is 2. The number of anilines is 1. The quantitative estimate of drug-likeness (QED) is 0.863. The van der Waals surface area contributed by atoms with Crippen LogP contribution in [0.25, 0.3) is 0 Å². The number of benzene rings is 1. The summed E-state index contributed by atoms with van der Waals surface area (Å²) in [6.45, 7) is 0. The van der Waals surface area contributed by atoms with E-state index < -0.39 is 0 Å². The molecule has 1 amide bonds. The zero-order valence-electron chi connectivity index (χ0n) is 9.20. The Balaban J connectivity index is 2.13. The Hall–Kier alpha value is -1.46. The Kier molecular flexibility index (Phi) is 2.80. The first kappa shape index (κ1) is 11.6. The third-order valence-corrected chi connectivity index (χ3v) is 4.12. The monoisotopic (exact) mass is 321 g/mol. The van der Waals surface area contributed by atoms with E-state index in [1.807, 2.05) is 17.5 Å². The third kappa shape index (κ3) is 1.89. The van der Waals surface area contributed by atoms with E-state index in [1.54, 1.807) is 12.1 Å². The first-order chi connectivity index (χ1) is 8.65. The second kappa shape index (κ2) is 4.33. The number of ketones is 1. The van der Waals surface area contributed by atoms with Gasteiger partial charge in [-0.1, -0.05) is 22.0 Å². The first-order valence-corrected chi connectivity index (χ1v) is 7.03.